The summed E-state index contributed by atoms with van der Waals surface area (Å²) in [5, 5.41) is 0. The molecule has 0 amide bonds. The SMILES string of the molecule is Fc1cccc2c1OCCC2(F)F. The summed E-state index contributed by atoms with van der Waals surface area (Å²) in [5.41, 5.74) is -0.348. The minimum absolute atomic E-state index is 0.138. The Hall–Kier alpha value is -1.19. The van der Waals surface area contributed by atoms with Gasteiger partial charge in [-0.15, -0.1) is 0 Å². The maximum Gasteiger partial charge on any atom is 0.280 e. The molecule has 1 nitrogen and oxygen atoms in total. The molecule has 0 atom stereocenters. The summed E-state index contributed by atoms with van der Waals surface area (Å²) in [7, 11) is 0. The highest BCUT2D eigenvalue weighted by molar-refractivity contribution is 5.39. The molecule has 0 spiro atoms. The van der Waals surface area contributed by atoms with E-state index >= 15 is 0 Å². The number of benzene rings is 1. The molecule has 0 unspecified atom stereocenters. The average molecular weight is 188 g/mol. The quantitative estimate of drug-likeness (QED) is 0.608. The predicted molar refractivity (Wildman–Crippen MR) is 40.4 cm³/mol. The van der Waals surface area contributed by atoms with Gasteiger partial charge >= 0.3 is 0 Å². The van der Waals surface area contributed by atoms with Gasteiger partial charge in [-0.1, -0.05) is 6.07 Å². The van der Waals surface area contributed by atoms with Crippen LogP contribution in [0.3, 0.4) is 0 Å². The van der Waals surface area contributed by atoms with E-state index in [0.717, 1.165) is 6.07 Å². The fraction of sp³-hybridized carbons (Fsp3) is 0.333. The summed E-state index contributed by atoms with van der Waals surface area (Å²) in [5.74, 6) is -3.99. The van der Waals surface area contributed by atoms with Gasteiger partial charge in [-0.3, -0.25) is 0 Å². The smallest absolute Gasteiger partial charge is 0.280 e. The maximum absolute atomic E-state index is 13.1. The lowest BCUT2D eigenvalue weighted by Gasteiger charge is -2.25. The minimum atomic E-state index is -2.96. The topological polar surface area (TPSA) is 9.23 Å². The molecule has 1 aliphatic heterocycles. The molecule has 1 aliphatic rings. The van der Waals surface area contributed by atoms with Crippen molar-refractivity contribution in [1.29, 1.82) is 0 Å². The van der Waals surface area contributed by atoms with E-state index in [9.17, 15) is 13.2 Å². The Morgan fingerprint density at radius 3 is 2.77 bits per heavy atom. The van der Waals surface area contributed by atoms with Gasteiger partial charge in [0.15, 0.2) is 11.6 Å². The molecule has 0 saturated heterocycles. The van der Waals surface area contributed by atoms with Crippen molar-refractivity contribution in [2.24, 2.45) is 0 Å². The molecule has 70 valence electrons. The van der Waals surface area contributed by atoms with E-state index in [0.29, 0.717) is 0 Å². The maximum atomic E-state index is 13.1. The fourth-order valence-corrected chi connectivity index (χ4v) is 1.36. The van der Waals surface area contributed by atoms with E-state index in [1.807, 2.05) is 0 Å². The number of para-hydroxylation sites is 1. The molecule has 4 heteroatoms. The first kappa shape index (κ1) is 8.41. The lowest BCUT2D eigenvalue weighted by molar-refractivity contribution is -0.0417. The summed E-state index contributed by atoms with van der Waals surface area (Å²) < 4.78 is 44.1. The van der Waals surface area contributed by atoms with E-state index in [2.05, 4.69) is 0 Å². The Balaban J connectivity index is 2.58. The average Bonchev–Trinajstić information content (AvgIpc) is 2.06. The van der Waals surface area contributed by atoms with Gasteiger partial charge in [-0.25, -0.2) is 13.2 Å². The normalized spacial score (nSPS) is 19.0. The Bertz CT molecular complexity index is 336. The zero-order valence-corrected chi connectivity index (χ0v) is 6.69. The third-order valence-corrected chi connectivity index (χ3v) is 2.02. The van der Waals surface area contributed by atoms with Crippen molar-refractivity contribution < 1.29 is 17.9 Å². The van der Waals surface area contributed by atoms with E-state index in [1.165, 1.54) is 12.1 Å². The van der Waals surface area contributed by atoms with Gasteiger partial charge in [0.2, 0.25) is 0 Å². The Kier molecular flexibility index (Phi) is 1.71. The van der Waals surface area contributed by atoms with Crippen LogP contribution in [0.5, 0.6) is 5.75 Å². The molecule has 0 fully saturated rings. The molecule has 1 aromatic rings. The van der Waals surface area contributed by atoms with Gasteiger partial charge in [0.25, 0.3) is 5.92 Å². The first-order valence-electron chi connectivity index (χ1n) is 3.91. The Morgan fingerprint density at radius 1 is 1.31 bits per heavy atom. The van der Waals surface area contributed by atoms with Crippen LogP contribution in [0.4, 0.5) is 13.2 Å². The molecule has 0 aliphatic carbocycles. The van der Waals surface area contributed by atoms with Crippen LogP contribution in [0, 0.1) is 5.82 Å². The van der Waals surface area contributed by atoms with Crippen LogP contribution in [-0.4, -0.2) is 6.61 Å². The molecule has 2 rings (SSSR count). The van der Waals surface area contributed by atoms with Crippen LogP contribution in [0.1, 0.15) is 12.0 Å². The van der Waals surface area contributed by atoms with Gasteiger partial charge in [-0.2, -0.15) is 0 Å². The molecule has 1 heterocycles. The van der Waals surface area contributed by atoms with Gasteiger partial charge in [0, 0.05) is 0 Å². The zero-order valence-electron chi connectivity index (χ0n) is 6.69. The summed E-state index contributed by atoms with van der Waals surface area (Å²) >= 11 is 0. The summed E-state index contributed by atoms with van der Waals surface area (Å²) in [6.45, 7) is -0.138. The van der Waals surface area contributed by atoms with Gasteiger partial charge < -0.3 is 4.74 Å². The van der Waals surface area contributed by atoms with Crippen molar-refractivity contribution in [3.05, 3.63) is 29.6 Å². The van der Waals surface area contributed by atoms with Crippen molar-refractivity contribution in [3.63, 3.8) is 0 Å². The predicted octanol–water partition coefficient (Wildman–Crippen LogP) is 2.70. The lowest BCUT2D eigenvalue weighted by Crippen LogP contribution is -2.24. The van der Waals surface area contributed by atoms with Crippen LogP contribution in [0.2, 0.25) is 0 Å². The van der Waals surface area contributed by atoms with Gasteiger partial charge in [0.1, 0.15) is 0 Å². The van der Waals surface area contributed by atoms with Gasteiger partial charge in [0.05, 0.1) is 18.6 Å². The van der Waals surface area contributed by atoms with Crippen LogP contribution >= 0.6 is 0 Å². The fourth-order valence-electron chi connectivity index (χ4n) is 1.36. The third kappa shape index (κ3) is 1.26. The second-order valence-corrected chi connectivity index (χ2v) is 2.92. The highest BCUT2D eigenvalue weighted by atomic mass is 19.3. The third-order valence-electron chi connectivity index (χ3n) is 2.02. The van der Waals surface area contributed by atoms with E-state index in [-0.39, 0.29) is 24.3 Å². The number of rotatable bonds is 0. The number of halogens is 3. The molecule has 13 heavy (non-hydrogen) atoms. The molecule has 0 N–H and O–H groups in total. The van der Waals surface area contributed by atoms with Crippen molar-refractivity contribution >= 4 is 0 Å². The highest BCUT2D eigenvalue weighted by Gasteiger charge is 2.39. The lowest BCUT2D eigenvalue weighted by atomic mass is 10.0. The van der Waals surface area contributed by atoms with Gasteiger partial charge in [-0.05, 0) is 12.1 Å². The number of fused-ring (bicyclic) bond motifs is 1. The Labute approximate surface area is 73.1 Å². The summed E-state index contributed by atoms with van der Waals surface area (Å²) in [6, 6.07) is 3.56. The number of alkyl halides is 2. The van der Waals surface area contributed by atoms with Crippen LogP contribution in [0.15, 0.2) is 18.2 Å². The molecule has 0 bridgehead atoms. The first-order chi connectivity index (χ1) is 6.11. The molecule has 0 aromatic heterocycles. The molecular weight excluding hydrogens is 181 g/mol. The molecule has 0 saturated carbocycles. The van der Waals surface area contributed by atoms with Crippen molar-refractivity contribution in [2.45, 2.75) is 12.3 Å². The van der Waals surface area contributed by atoms with E-state index in [1.54, 1.807) is 0 Å². The van der Waals surface area contributed by atoms with Crippen molar-refractivity contribution in [1.82, 2.24) is 0 Å². The number of hydrogen-bond acceptors (Lipinski definition) is 1. The largest absolute Gasteiger partial charge is 0.490 e. The first-order valence-corrected chi connectivity index (χ1v) is 3.91. The Morgan fingerprint density at radius 2 is 2.08 bits per heavy atom. The minimum Gasteiger partial charge on any atom is -0.490 e. The summed E-state index contributed by atoms with van der Waals surface area (Å²) in [4.78, 5) is 0. The summed E-state index contributed by atoms with van der Waals surface area (Å²) in [6.07, 6.45) is -0.385. The van der Waals surface area contributed by atoms with Crippen molar-refractivity contribution in [2.75, 3.05) is 6.61 Å². The van der Waals surface area contributed by atoms with Crippen molar-refractivity contribution in [3.8, 4) is 5.75 Å². The highest BCUT2D eigenvalue weighted by Crippen LogP contribution is 2.42. The zero-order chi connectivity index (χ0) is 9.47. The standard InChI is InChI=1S/C9H7F3O/c10-7-3-1-2-6-8(7)13-5-4-9(6,11)12/h1-3H,4-5H2. The number of ether oxygens (including phenoxy) is 1. The van der Waals surface area contributed by atoms with Crippen LogP contribution < -0.4 is 4.74 Å². The van der Waals surface area contributed by atoms with E-state index in [4.69, 9.17) is 4.74 Å². The van der Waals surface area contributed by atoms with E-state index < -0.39 is 11.7 Å². The monoisotopic (exact) mass is 188 g/mol. The molecular formula is C9H7F3O. The van der Waals surface area contributed by atoms with Crippen LogP contribution in [-0.2, 0) is 5.92 Å². The molecule has 1 aromatic carbocycles. The van der Waals surface area contributed by atoms with Crippen LogP contribution in [0.25, 0.3) is 0 Å². The number of hydrogen-bond donors (Lipinski definition) is 0. The molecule has 0 radical (unpaired) electrons. The second kappa shape index (κ2) is 2.65. The second-order valence-electron chi connectivity index (χ2n) is 2.92.